The molecule has 12 N–H and O–H groups in total. The molecule has 36 nitrogen and oxygen atoms in total. The third-order valence-corrected chi connectivity index (χ3v) is 14.7. The van der Waals surface area contributed by atoms with Gasteiger partial charge in [0.1, 0.15) is 47.8 Å². The predicted molar refractivity (Wildman–Crippen MR) is 409 cm³/mol. The van der Waals surface area contributed by atoms with E-state index in [1.165, 1.54) is 27.1 Å². The fourth-order valence-corrected chi connectivity index (χ4v) is 8.41. The molecule has 2 aromatic rings. The molecular formula is C76H122N12O24+2. The highest BCUT2D eigenvalue weighted by Gasteiger charge is 2.19. The molecule has 0 aromatic heterocycles. The molecule has 0 radical (unpaired) electrons. The predicted octanol–water partition coefficient (Wildman–Crippen LogP) is -1.79. The number of benzene rings is 2. The molecule has 0 aliphatic heterocycles. The van der Waals surface area contributed by atoms with Gasteiger partial charge in [0.15, 0.2) is 23.1 Å². The summed E-state index contributed by atoms with van der Waals surface area (Å²) in [5, 5.41) is 23.8. The highest BCUT2D eigenvalue weighted by atomic mass is 16.5. The number of Topliss-reactive ketones (excluding diaryl/α,β-unsaturated/α-hetero) is 6. The quantitative estimate of drug-likeness (QED) is 0.0257. The van der Waals surface area contributed by atoms with Crippen molar-refractivity contribution in [3.05, 3.63) is 47.5 Å². The van der Waals surface area contributed by atoms with Crippen LogP contribution in [0, 0.1) is 0 Å². The van der Waals surface area contributed by atoms with Gasteiger partial charge in [0, 0.05) is 114 Å². The molecule has 0 atom stereocenters. The van der Waals surface area contributed by atoms with Gasteiger partial charge >= 0.3 is 11.9 Å². The second-order valence-electron chi connectivity index (χ2n) is 25.8. The molecule has 0 spiro atoms. The van der Waals surface area contributed by atoms with E-state index in [0.29, 0.717) is 99.0 Å². The average Bonchev–Trinajstić information content (AvgIpc) is 0.867. The fraction of sp³-hybridized carbons (Fsp3) is 0.605. The molecule has 0 aliphatic rings. The van der Waals surface area contributed by atoms with Crippen molar-refractivity contribution in [2.45, 2.75) is 169 Å². The van der Waals surface area contributed by atoms with Gasteiger partial charge in [-0.1, -0.05) is 40.5 Å². The van der Waals surface area contributed by atoms with Crippen LogP contribution in [-0.4, -0.2) is 241 Å². The highest BCUT2D eigenvalue weighted by molar-refractivity contribution is 5.95. The summed E-state index contributed by atoms with van der Waals surface area (Å²) in [4.78, 5) is 217. The first-order valence-corrected chi connectivity index (χ1v) is 37.4. The van der Waals surface area contributed by atoms with Crippen molar-refractivity contribution in [3.8, 4) is 23.0 Å². The summed E-state index contributed by atoms with van der Waals surface area (Å²) in [6.45, 7) is 7.14. The van der Waals surface area contributed by atoms with Gasteiger partial charge in [-0.05, 0) is 37.1 Å². The summed E-state index contributed by atoms with van der Waals surface area (Å²) in [5.74, 6) is -6.01. The minimum atomic E-state index is -0.681. The molecule has 2 aromatic carbocycles. The van der Waals surface area contributed by atoms with Crippen molar-refractivity contribution >= 4 is 106 Å². The van der Waals surface area contributed by atoms with Gasteiger partial charge in [-0.2, -0.15) is 0 Å². The molecule has 628 valence electrons. The molecule has 112 heavy (non-hydrogen) atoms. The maximum atomic E-state index is 12.2. The lowest BCUT2D eigenvalue weighted by molar-refractivity contribution is -0.857. The molecule has 2 rings (SSSR count). The number of methoxy groups -OCH3 is 2. The zero-order valence-corrected chi connectivity index (χ0v) is 67.3. The van der Waals surface area contributed by atoms with Crippen LogP contribution >= 0.6 is 0 Å². The molecule has 0 saturated heterocycles. The third kappa shape index (κ3) is 59.1. The Morgan fingerprint density at radius 2 is 0.571 bits per heavy atom. The Labute approximate surface area is 655 Å². The van der Waals surface area contributed by atoms with E-state index in [-0.39, 0.29) is 140 Å². The number of hydrogen-bond acceptors (Lipinski definition) is 24. The van der Waals surface area contributed by atoms with Crippen LogP contribution in [0.1, 0.15) is 167 Å². The standard InChI is InChI=1S/2C35H52N6O12.2C3H8/c2*1-36-30(45)6-5-17-52-28-11-7-24(29(18-28)51-4)23-53-35(50)14-10-27(44)20-38-33(48)22-40-34(49)21-39-32(47)13-9-26(43)19-37-31(46)12-8-25(42)15-16-41(2)3;2*1-3-2/h2*7,11,18H,5-6,8-10,12-17,19-23H2,1-4H3,(H,36,45)(H,37,46)(H,38,48)(H,39,47)(H,40,49);2*3H2,1-2H3/p+2. The highest BCUT2D eigenvalue weighted by Crippen LogP contribution is 2.27. The summed E-state index contributed by atoms with van der Waals surface area (Å²) >= 11 is 0. The van der Waals surface area contributed by atoms with E-state index in [1.807, 2.05) is 28.2 Å². The van der Waals surface area contributed by atoms with E-state index in [0.717, 1.165) is 9.80 Å². The fourth-order valence-electron chi connectivity index (χ4n) is 8.41. The Bertz CT molecular complexity index is 3110. The lowest BCUT2D eigenvalue weighted by Crippen LogP contribution is -3.05. The van der Waals surface area contributed by atoms with Crippen molar-refractivity contribution in [1.82, 2.24) is 53.2 Å². The summed E-state index contributed by atoms with van der Waals surface area (Å²) in [7, 11) is 13.7. The Balaban J connectivity index is 0. The van der Waals surface area contributed by atoms with E-state index in [9.17, 15) is 86.3 Å². The smallest absolute Gasteiger partial charge is 0.306 e. The van der Waals surface area contributed by atoms with E-state index in [4.69, 9.17) is 28.4 Å². The van der Waals surface area contributed by atoms with Crippen LogP contribution in [0.25, 0.3) is 0 Å². The van der Waals surface area contributed by atoms with Gasteiger partial charge in [0.05, 0.1) is 147 Å². The minimum Gasteiger partial charge on any atom is -0.496 e. The zero-order chi connectivity index (χ0) is 84.6. The number of rotatable bonds is 56. The first-order valence-electron chi connectivity index (χ1n) is 37.4. The van der Waals surface area contributed by atoms with Gasteiger partial charge in [-0.25, -0.2) is 0 Å². The summed E-state index contributed by atoms with van der Waals surface area (Å²) in [6.07, 6.45) is 3.52. The number of carbonyl (C=O) groups is 18. The number of esters is 2. The maximum Gasteiger partial charge on any atom is 0.306 e. The number of amides is 10. The third-order valence-electron chi connectivity index (χ3n) is 14.7. The minimum absolute atomic E-state index is 0.0217. The number of carbonyl (C=O) groups excluding carboxylic acids is 18. The molecule has 0 saturated carbocycles. The number of ether oxygens (including phenoxy) is 6. The van der Waals surface area contributed by atoms with E-state index >= 15 is 0 Å². The van der Waals surface area contributed by atoms with Gasteiger partial charge < -0.3 is 91.4 Å². The Hall–Kier alpha value is -10.8. The van der Waals surface area contributed by atoms with E-state index in [1.54, 1.807) is 50.5 Å². The van der Waals surface area contributed by atoms with Crippen molar-refractivity contribution in [2.75, 3.05) is 135 Å². The number of quaternary nitrogens is 2. The monoisotopic (exact) mass is 1590 g/mol. The van der Waals surface area contributed by atoms with Crippen LogP contribution < -0.4 is 81.9 Å². The Kier molecular flexibility index (Phi) is 59.9. The van der Waals surface area contributed by atoms with Gasteiger partial charge in [0.2, 0.25) is 59.1 Å². The summed E-state index contributed by atoms with van der Waals surface area (Å²) < 4.78 is 32.4. The van der Waals surface area contributed by atoms with Gasteiger partial charge in [0.25, 0.3) is 0 Å². The Morgan fingerprint density at radius 3 is 0.848 bits per heavy atom. The molecule has 0 heterocycles. The second-order valence-corrected chi connectivity index (χ2v) is 25.8. The second kappa shape index (κ2) is 65.0. The van der Waals surface area contributed by atoms with Crippen LogP contribution in [0.15, 0.2) is 36.4 Å². The molecule has 0 unspecified atom stereocenters. The van der Waals surface area contributed by atoms with Gasteiger partial charge in [-0.3, -0.25) is 86.3 Å². The van der Waals surface area contributed by atoms with Crippen molar-refractivity contribution in [2.24, 2.45) is 0 Å². The van der Waals surface area contributed by atoms with Crippen LogP contribution in [-0.2, 0) is 109 Å². The molecule has 0 aliphatic carbocycles. The average molecular weight is 1590 g/mol. The molecule has 36 heteroatoms. The lowest BCUT2D eigenvalue weighted by atomic mass is 10.1. The molecule has 10 amide bonds. The lowest BCUT2D eigenvalue weighted by Gasteiger charge is -2.12. The van der Waals surface area contributed by atoms with Crippen LogP contribution in [0.2, 0.25) is 0 Å². The van der Waals surface area contributed by atoms with E-state index in [2.05, 4.69) is 80.9 Å². The Morgan fingerprint density at radius 1 is 0.312 bits per heavy atom. The SMILES string of the molecule is CCC.CCC.CNC(=O)CCCOc1ccc(COC(=O)CCC(=O)CNC(=O)CNC(=O)CNC(=O)CCC(=O)CNC(=O)CCC(=O)CC[NH+](C)C)c(OC)c1.CNC(=O)CCCOc1ccc(COC(=O)CCC(=O)CNC(=O)CNC(=O)CNC(=O)CCC(=O)CNC(=O)CCC(=O)CC[NH+](C)C)c(OC)c1. The van der Waals surface area contributed by atoms with Crippen LogP contribution in [0.4, 0.5) is 0 Å². The van der Waals surface area contributed by atoms with Crippen molar-refractivity contribution in [1.29, 1.82) is 0 Å². The summed E-state index contributed by atoms with van der Waals surface area (Å²) in [5.41, 5.74) is 1.15. The number of ketones is 6. The van der Waals surface area contributed by atoms with Gasteiger partial charge in [-0.15, -0.1) is 0 Å². The molecular weight excluding hydrogens is 1460 g/mol. The topological polar surface area (TPSA) is 492 Å². The number of nitrogens with one attached hydrogen (secondary N) is 12. The van der Waals surface area contributed by atoms with Crippen molar-refractivity contribution in [3.63, 3.8) is 0 Å². The first-order chi connectivity index (χ1) is 53.3. The van der Waals surface area contributed by atoms with Crippen LogP contribution in [0.5, 0.6) is 23.0 Å². The van der Waals surface area contributed by atoms with Crippen molar-refractivity contribution < 1.29 is 125 Å². The summed E-state index contributed by atoms with van der Waals surface area (Å²) in [6, 6.07) is 9.97. The van der Waals surface area contributed by atoms with E-state index < -0.39 is 109 Å². The number of hydrogen-bond donors (Lipinski definition) is 12. The van der Waals surface area contributed by atoms with Crippen LogP contribution in [0.3, 0.4) is 0 Å². The first kappa shape index (κ1) is 103. The zero-order valence-electron chi connectivity index (χ0n) is 67.3. The maximum absolute atomic E-state index is 12.2. The normalized spacial score (nSPS) is 10.2. The molecule has 0 bridgehead atoms. The largest absolute Gasteiger partial charge is 0.496 e. The molecule has 0 fully saturated rings.